The zero-order valence-corrected chi connectivity index (χ0v) is 12.4. The van der Waals surface area contributed by atoms with Gasteiger partial charge in [0.2, 0.25) is 5.89 Å². The van der Waals surface area contributed by atoms with Crippen molar-refractivity contribution in [1.29, 1.82) is 0 Å². The van der Waals surface area contributed by atoms with Crippen LogP contribution in [0.5, 0.6) is 0 Å². The molecule has 0 spiro atoms. The van der Waals surface area contributed by atoms with E-state index in [9.17, 15) is 0 Å². The number of benzene rings is 1. The number of aromatic nitrogens is 1. The summed E-state index contributed by atoms with van der Waals surface area (Å²) in [6.07, 6.45) is 4.22. The van der Waals surface area contributed by atoms with Crippen molar-refractivity contribution < 1.29 is 4.42 Å². The van der Waals surface area contributed by atoms with E-state index in [2.05, 4.69) is 61.4 Å². The minimum absolute atomic E-state index is 0.0158. The molecule has 106 valence electrons. The topological polar surface area (TPSA) is 38.1 Å². The highest BCUT2D eigenvalue weighted by Gasteiger charge is 2.43. The second-order valence-corrected chi connectivity index (χ2v) is 6.67. The third-order valence-corrected chi connectivity index (χ3v) is 3.95. The molecule has 2 aromatic rings. The molecule has 0 radical (unpaired) electrons. The molecular formula is C17H22N2O. The summed E-state index contributed by atoms with van der Waals surface area (Å²) in [4.78, 5) is 4.38. The maximum Gasteiger partial charge on any atom is 0.208 e. The van der Waals surface area contributed by atoms with E-state index >= 15 is 0 Å². The van der Waals surface area contributed by atoms with Crippen molar-refractivity contribution in [1.82, 2.24) is 10.3 Å². The Morgan fingerprint density at radius 2 is 1.90 bits per heavy atom. The Balaban J connectivity index is 1.67. The standard InChI is InChI=1S/C17H22N2O/c1-16(2,3)14-11-18-15(20-14)12-19-17(9-10-17)13-7-5-4-6-8-13/h4-8,11,19H,9-10,12H2,1-3H3. The Hall–Kier alpha value is -1.61. The predicted molar refractivity (Wildman–Crippen MR) is 79.4 cm³/mol. The first-order valence-electron chi connectivity index (χ1n) is 7.25. The van der Waals surface area contributed by atoms with E-state index in [-0.39, 0.29) is 11.0 Å². The summed E-state index contributed by atoms with van der Waals surface area (Å²) < 4.78 is 5.83. The molecule has 3 nitrogen and oxygen atoms in total. The number of oxazole rings is 1. The molecule has 0 saturated heterocycles. The van der Waals surface area contributed by atoms with E-state index in [1.54, 1.807) is 0 Å². The molecule has 1 fully saturated rings. The Labute approximate surface area is 120 Å². The van der Waals surface area contributed by atoms with Gasteiger partial charge < -0.3 is 4.42 Å². The molecule has 1 heterocycles. The average Bonchev–Trinajstić information content (AvgIpc) is 3.06. The van der Waals surface area contributed by atoms with Crippen LogP contribution in [0.2, 0.25) is 0 Å². The van der Waals surface area contributed by atoms with Crippen LogP contribution in [0.4, 0.5) is 0 Å². The second kappa shape index (κ2) is 4.74. The maximum atomic E-state index is 5.83. The summed E-state index contributed by atoms with van der Waals surface area (Å²) in [5.41, 5.74) is 1.52. The molecule has 0 unspecified atom stereocenters. The van der Waals surface area contributed by atoms with Gasteiger partial charge in [-0.05, 0) is 18.4 Å². The molecule has 0 bridgehead atoms. The second-order valence-electron chi connectivity index (χ2n) is 6.67. The fraction of sp³-hybridized carbons (Fsp3) is 0.471. The van der Waals surface area contributed by atoms with Crippen LogP contribution < -0.4 is 5.32 Å². The Bertz CT molecular complexity index is 577. The van der Waals surface area contributed by atoms with Crippen LogP contribution >= 0.6 is 0 Å². The van der Waals surface area contributed by atoms with Crippen LogP contribution in [0.25, 0.3) is 0 Å². The van der Waals surface area contributed by atoms with Crippen molar-refractivity contribution in [2.24, 2.45) is 0 Å². The normalized spacial score (nSPS) is 17.1. The first kappa shape index (κ1) is 13.4. The zero-order chi connectivity index (χ0) is 14.2. The number of nitrogens with one attached hydrogen (secondary N) is 1. The summed E-state index contributed by atoms with van der Waals surface area (Å²) in [5.74, 6) is 1.72. The number of hydrogen-bond donors (Lipinski definition) is 1. The van der Waals surface area contributed by atoms with Gasteiger partial charge in [0.1, 0.15) is 5.76 Å². The molecule has 0 aliphatic heterocycles. The minimum atomic E-state index is 0.0158. The molecule has 3 heteroatoms. The van der Waals surface area contributed by atoms with Gasteiger partial charge in [-0.1, -0.05) is 51.1 Å². The number of hydrogen-bond acceptors (Lipinski definition) is 3. The molecule has 20 heavy (non-hydrogen) atoms. The number of rotatable bonds is 4. The van der Waals surface area contributed by atoms with Gasteiger partial charge in [0.15, 0.2) is 0 Å². The SMILES string of the molecule is CC(C)(C)c1cnc(CNC2(c3ccccc3)CC2)o1. The molecule has 1 N–H and O–H groups in total. The van der Waals surface area contributed by atoms with Crippen LogP contribution in [0.3, 0.4) is 0 Å². The highest BCUT2D eigenvalue weighted by molar-refractivity contribution is 5.29. The van der Waals surface area contributed by atoms with Crippen LogP contribution in [-0.2, 0) is 17.5 Å². The lowest BCUT2D eigenvalue weighted by atomic mass is 9.94. The molecule has 1 aromatic carbocycles. The van der Waals surface area contributed by atoms with Crippen molar-refractivity contribution >= 4 is 0 Å². The van der Waals surface area contributed by atoms with Crippen molar-refractivity contribution in [3.63, 3.8) is 0 Å². The molecule has 1 aliphatic rings. The molecule has 1 saturated carbocycles. The van der Waals surface area contributed by atoms with E-state index < -0.39 is 0 Å². The fourth-order valence-electron chi connectivity index (χ4n) is 2.43. The van der Waals surface area contributed by atoms with Gasteiger partial charge in [-0.3, -0.25) is 5.32 Å². The first-order valence-corrected chi connectivity index (χ1v) is 7.25. The van der Waals surface area contributed by atoms with E-state index in [1.165, 1.54) is 18.4 Å². The van der Waals surface area contributed by atoms with Gasteiger partial charge >= 0.3 is 0 Å². The van der Waals surface area contributed by atoms with E-state index in [0.29, 0.717) is 6.54 Å². The van der Waals surface area contributed by atoms with Crippen LogP contribution in [0.15, 0.2) is 40.9 Å². The highest BCUT2D eigenvalue weighted by Crippen LogP contribution is 2.45. The predicted octanol–water partition coefficient (Wildman–Crippen LogP) is 3.75. The first-order chi connectivity index (χ1) is 9.50. The Morgan fingerprint density at radius 1 is 1.20 bits per heavy atom. The van der Waals surface area contributed by atoms with Gasteiger partial charge in [-0.15, -0.1) is 0 Å². The lowest BCUT2D eigenvalue weighted by molar-refractivity contribution is 0.362. The largest absolute Gasteiger partial charge is 0.444 e. The summed E-state index contributed by atoms with van der Waals surface area (Å²) in [6.45, 7) is 7.09. The molecule has 1 aromatic heterocycles. The average molecular weight is 270 g/mol. The quantitative estimate of drug-likeness (QED) is 0.919. The van der Waals surface area contributed by atoms with E-state index in [4.69, 9.17) is 4.42 Å². The molecule has 3 rings (SSSR count). The van der Waals surface area contributed by atoms with Gasteiger partial charge in [0.05, 0.1) is 12.7 Å². The monoisotopic (exact) mass is 270 g/mol. The maximum absolute atomic E-state index is 5.83. The third-order valence-electron chi connectivity index (χ3n) is 3.95. The van der Waals surface area contributed by atoms with Crippen LogP contribution in [0.1, 0.15) is 50.8 Å². The molecule has 0 atom stereocenters. The lowest BCUT2D eigenvalue weighted by Crippen LogP contribution is -2.28. The lowest BCUT2D eigenvalue weighted by Gasteiger charge is -2.17. The smallest absolute Gasteiger partial charge is 0.208 e. The van der Waals surface area contributed by atoms with Crippen molar-refractivity contribution in [3.8, 4) is 0 Å². The van der Waals surface area contributed by atoms with Crippen molar-refractivity contribution in [2.45, 2.75) is 51.1 Å². The van der Waals surface area contributed by atoms with Gasteiger partial charge in [-0.2, -0.15) is 0 Å². The summed E-state index contributed by atoms with van der Waals surface area (Å²) in [5, 5.41) is 3.61. The minimum Gasteiger partial charge on any atom is -0.444 e. The molecule has 1 aliphatic carbocycles. The molecule has 0 amide bonds. The summed E-state index contributed by atoms with van der Waals surface area (Å²) in [7, 11) is 0. The highest BCUT2D eigenvalue weighted by atomic mass is 16.4. The van der Waals surface area contributed by atoms with Crippen molar-refractivity contribution in [3.05, 3.63) is 53.7 Å². The fourth-order valence-corrected chi connectivity index (χ4v) is 2.43. The zero-order valence-electron chi connectivity index (χ0n) is 12.4. The van der Waals surface area contributed by atoms with Crippen molar-refractivity contribution in [2.75, 3.05) is 0 Å². The third kappa shape index (κ3) is 2.63. The van der Waals surface area contributed by atoms with Gasteiger partial charge in [-0.25, -0.2) is 4.98 Å². The summed E-state index contributed by atoms with van der Waals surface area (Å²) in [6, 6.07) is 10.6. The van der Waals surface area contributed by atoms with Crippen LogP contribution in [-0.4, -0.2) is 4.98 Å². The van der Waals surface area contributed by atoms with E-state index in [1.807, 2.05) is 6.20 Å². The number of nitrogens with zero attached hydrogens (tertiary/aromatic N) is 1. The Morgan fingerprint density at radius 3 is 2.45 bits per heavy atom. The van der Waals surface area contributed by atoms with Crippen LogP contribution in [0, 0.1) is 0 Å². The van der Waals surface area contributed by atoms with Gasteiger partial charge in [0.25, 0.3) is 0 Å². The molecular weight excluding hydrogens is 248 g/mol. The van der Waals surface area contributed by atoms with E-state index in [0.717, 1.165) is 11.7 Å². The Kier molecular flexibility index (Phi) is 3.17. The summed E-state index contributed by atoms with van der Waals surface area (Å²) >= 11 is 0. The van der Waals surface area contributed by atoms with Gasteiger partial charge in [0, 0.05) is 11.0 Å².